The third-order valence-electron chi connectivity index (χ3n) is 3.37. The van der Waals surface area contributed by atoms with Gasteiger partial charge in [-0.05, 0) is 55.3 Å². The van der Waals surface area contributed by atoms with Crippen molar-refractivity contribution in [3.63, 3.8) is 0 Å². The fourth-order valence-corrected chi connectivity index (χ4v) is 3.73. The van der Waals surface area contributed by atoms with E-state index in [0.29, 0.717) is 10.7 Å². The fraction of sp³-hybridized carbons (Fsp3) is 0.235. The highest BCUT2D eigenvalue weighted by atomic mass is 35.5. The van der Waals surface area contributed by atoms with Crippen molar-refractivity contribution in [2.45, 2.75) is 13.8 Å². The summed E-state index contributed by atoms with van der Waals surface area (Å²) < 4.78 is 25.2. The van der Waals surface area contributed by atoms with Gasteiger partial charge in [0.25, 0.3) is 0 Å². The average molecular weight is 401 g/mol. The Kier molecular flexibility index (Phi) is 5.98. The van der Waals surface area contributed by atoms with Gasteiger partial charge in [-0.2, -0.15) is 0 Å². The van der Waals surface area contributed by atoms with E-state index < -0.39 is 22.5 Å². The standard InChI is InChI=1S/C17H18Cl2N2O3S/c1-11-6-12(2)8-14(7-11)20-17(22)10-21(25(3,23)24)16-9-13(18)4-5-15(16)19/h4-9H,10H2,1-3H3,(H,20,22). The van der Waals surface area contributed by atoms with Gasteiger partial charge in [0.15, 0.2) is 0 Å². The Balaban J connectivity index is 2.28. The van der Waals surface area contributed by atoms with E-state index in [1.807, 2.05) is 32.0 Å². The van der Waals surface area contributed by atoms with E-state index >= 15 is 0 Å². The molecule has 0 radical (unpaired) electrons. The molecule has 0 saturated carbocycles. The number of carbonyl (C=O) groups excluding carboxylic acids is 1. The van der Waals surface area contributed by atoms with Gasteiger partial charge >= 0.3 is 0 Å². The number of aryl methyl sites for hydroxylation is 2. The second kappa shape index (κ2) is 7.64. The summed E-state index contributed by atoms with van der Waals surface area (Å²) in [5.74, 6) is -0.480. The SMILES string of the molecule is Cc1cc(C)cc(NC(=O)CN(c2cc(Cl)ccc2Cl)S(C)(=O)=O)c1. The Morgan fingerprint density at radius 2 is 1.68 bits per heavy atom. The zero-order valence-corrected chi connectivity index (χ0v) is 16.3. The van der Waals surface area contributed by atoms with Crippen molar-refractivity contribution in [3.8, 4) is 0 Å². The second-order valence-electron chi connectivity index (χ2n) is 5.79. The smallest absolute Gasteiger partial charge is 0.245 e. The summed E-state index contributed by atoms with van der Waals surface area (Å²) in [6.45, 7) is 3.42. The summed E-state index contributed by atoms with van der Waals surface area (Å²) in [6.07, 6.45) is 1.01. The molecule has 2 aromatic rings. The van der Waals surface area contributed by atoms with Crippen LogP contribution in [-0.2, 0) is 14.8 Å². The molecule has 25 heavy (non-hydrogen) atoms. The minimum Gasteiger partial charge on any atom is -0.324 e. The van der Waals surface area contributed by atoms with E-state index in [9.17, 15) is 13.2 Å². The van der Waals surface area contributed by atoms with Gasteiger partial charge in [-0.25, -0.2) is 8.42 Å². The molecule has 0 fully saturated rings. The van der Waals surface area contributed by atoms with E-state index in [-0.39, 0.29) is 10.7 Å². The number of nitrogens with zero attached hydrogens (tertiary/aromatic N) is 1. The number of nitrogens with one attached hydrogen (secondary N) is 1. The van der Waals surface area contributed by atoms with Crippen LogP contribution in [0.4, 0.5) is 11.4 Å². The minimum atomic E-state index is -3.73. The third kappa shape index (κ3) is 5.36. The highest BCUT2D eigenvalue weighted by Crippen LogP contribution is 2.30. The Labute approximate surface area is 157 Å². The lowest BCUT2D eigenvalue weighted by atomic mass is 10.1. The molecule has 1 N–H and O–H groups in total. The van der Waals surface area contributed by atoms with Crippen molar-refractivity contribution < 1.29 is 13.2 Å². The van der Waals surface area contributed by atoms with Crippen LogP contribution < -0.4 is 9.62 Å². The van der Waals surface area contributed by atoms with Gasteiger partial charge in [-0.1, -0.05) is 29.3 Å². The van der Waals surface area contributed by atoms with Crippen LogP contribution in [0.2, 0.25) is 10.0 Å². The van der Waals surface area contributed by atoms with Gasteiger partial charge in [-0.3, -0.25) is 9.10 Å². The molecule has 0 bridgehead atoms. The van der Waals surface area contributed by atoms with Gasteiger partial charge < -0.3 is 5.32 Å². The predicted molar refractivity (Wildman–Crippen MR) is 103 cm³/mol. The molecular formula is C17H18Cl2N2O3S. The van der Waals surface area contributed by atoms with E-state index in [1.165, 1.54) is 12.1 Å². The van der Waals surface area contributed by atoms with Crippen LogP contribution in [0.3, 0.4) is 0 Å². The van der Waals surface area contributed by atoms with E-state index in [0.717, 1.165) is 21.7 Å². The maximum Gasteiger partial charge on any atom is 0.245 e. The zero-order valence-electron chi connectivity index (χ0n) is 14.0. The first-order valence-corrected chi connectivity index (χ1v) is 9.97. The molecule has 0 aliphatic heterocycles. The van der Waals surface area contributed by atoms with Crippen molar-refractivity contribution >= 4 is 50.5 Å². The molecule has 2 rings (SSSR count). The number of amides is 1. The molecule has 2 aromatic carbocycles. The Morgan fingerprint density at radius 3 is 2.24 bits per heavy atom. The van der Waals surface area contributed by atoms with Crippen LogP contribution in [-0.4, -0.2) is 27.1 Å². The zero-order chi connectivity index (χ0) is 18.8. The van der Waals surface area contributed by atoms with Gasteiger partial charge in [0, 0.05) is 10.7 Å². The summed E-state index contributed by atoms with van der Waals surface area (Å²) >= 11 is 12.0. The summed E-state index contributed by atoms with van der Waals surface area (Å²) in [6, 6.07) is 10.0. The van der Waals surface area contributed by atoms with Crippen LogP contribution >= 0.6 is 23.2 Å². The van der Waals surface area contributed by atoms with Crippen LogP contribution in [0.5, 0.6) is 0 Å². The monoisotopic (exact) mass is 400 g/mol. The van der Waals surface area contributed by atoms with Crippen molar-refractivity contribution in [1.29, 1.82) is 0 Å². The molecule has 0 aromatic heterocycles. The van der Waals surface area contributed by atoms with E-state index in [1.54, 1.807) is 6.07 Å². The quantitative estimate of drug-likeness (QED) is 0.823. The van der Waals surface area contributed by atoms with Gasteiger partial charge in [0.1, 0.15) is 6.54 Å². The maximum atomic E-state index is 12.4. The number of hydrogen-bond donors (Lipinski definition) is 1. The van der Waals surface area contributed by atoms with Crippen LogP contribution in [0.15, 0.2) is 36.4 Å². The molecule has 0 heterocycles. The van der Waals surface area contributed by atoms with Gasteiger partial charge in [0.2, 0.25) is 15.9 Å². The van der Waals surface area contributed by atoms with Crippen LogP contribution in [0.1, 0.15) is 11.1 Å². The molecule has 0 atom stereocenters. The molecular weight excluding hydrogens is 383 g/mol. The fourth-order valence-electron chi connectivity index (χ4n) is 2.44. The number of carbonyl (C=O) groups is 1. The molecule has 0 unspecified atom stereocenters. The van der Waals surface area contributed by atoms with Crippen molar-refractivity contribution in [3.05, 3.63) is 57.6 Å². The van der Waals surface area contributed by atoms with Crippen LogP contribution in [0.25, 0.3) is 0 Å². The predicted octanol–water partition coefficient (Wildman–Crippen LogP) is 4.01. The number of benzene rings is 2. The topological polar surface area (TPSA) is 66.5 Å². The molecule has 0 spiro atoms. The minimum absolute atomic E-state index is 0.159. The van der Waals surface area contributed by atoms with Crippen molar-refractivity contribution in [2.75, 3.05) is 22.4 Å². The Hall–Kier alpha value is -1.76. The number of halogens is 2. The van der Waals surface area contributed by atoms with Crippen LogP contribution in [0, 0.1) is 13.8 Å². The third-order valence-corrected chi connectivity index (χ3v) is 5.05. The first kappa shape index (κ1) is 19.6. The normalized spacial score (nSPS) is 11.2. The summed E-state index contributed by atoms with van der Waals surface area (Å²) in [7, 11) is -3.73. The maximum absolute atomic E-state index is 12.4. The molecule has 134 valence electrons. The summed E-state index contributed by atoms with van der Waals surface area (Å²) in [4.78, 5) is 12.4. The van der Waals surface area contributed by atoms with Crippen molar-refractivity contribution in [1.82, 2.24) is 0 Å². The molecule has 8 heteroatoms. The van der Waals surface area contributed by atoms with E-state index in [2.05, 4.69) is 5.32 Å². The first-order chi connectivity index (χ1) is 11.6. The number of anilines is 2. The Morgan fingerprint density at radius 1 is 1.08 bits per heavy atom. The largest absolute Gasteiger partial charge is 0.324 e. The highest BCUT2D eigenvalue weighted by Gasteiger charge is 2.23. The second-order valence-corrected chi connectivity index (χ2v) is 8.54. The summed E-state index contributed by atoms with van der Waals surface area (Å²) in [5.41, 5.74) is 2.75. The molecule has 5 nitrogen and oxygen atoms in total. The van der Waals surface area contributed by atoms with E-state index in [4.69, 9.17) is 23.2 Å². The molecule has 0 saturated heterocycles. The highest BCUT2D eigenvalue weighted by molar-refractivity contribution is 7.92. The number of rotatable bonds is 5. The Bertz CT molecular complexity index is 894. The molecule has 1 amide bonds. The molecule has 0 aliphatic rings. The number of hydrogen-bond acceptors (Lipinski definition) is 3. The average Bonchev–Trinajstić information content (AvgIpc) is 2.45. The summed E-state index contributed by atoms with van der Waals surface area (Å²) in [5, 5.41) is 3.22. The number of sulfonamides is 1. The molecule has 0 aliphatic carbocycles. The first-order valence-electron chi connectivity index (χ1n) is 7.37. The lowest BCUT2D eigenvalue weighted by Crippen LogP contribution is -2.37. The van der Waals surface area contributed by atoms with Gasteiger partial charge in [0.05, 0.1) is 17.0 Å². The lowest BCUT2D eigenvalue weighted by molar-refractivity contribution is -0.114. The van der Waals surface area contributed by atoms with Crippen molar-refractivity contribution in [2.24, 2.45) is 0 Å². The lowest BCUT2D eigenvalue weighted by Gasteiger charge is -2.23. The van der Waals surface area contributed by atoms with Gasteiger partial charge in [-0.15, -0.1) is 0 Å².